The van der Waals surface area contributed by atoms with Crippen LogP contribution in [-0.2, 0) is 9.53 Å². The van der Waals surface area contributed by atoms with Crippen molar-refractivity contribution < 1.29 is 14.3 Å². The largest absolute Gasteiger partial charge is 0.462 e. The number of amides is 1. The van der Waals surface area contributed by atoms with Gasteiger partial charge in [-0.3, -0.25) is 4.79 Å². The zero-order valence-electron chi connectivity index (χ0n) is 17.3. The summed E-state index contributed by atoms with van der Waals surface area (Å²) in [6.07, 6.45) is 0. The van der Waals surface area contributed by atoms with Gasteiger partial charge in [0.1, 0.15) is 0 Å². The Labute approximate surface area is 167 Å². The second-order valence-electron chi connectivity index (χ2n) is 7.29. The van der Waals surface area contributed by atoms with Crippen LogP contribution in [-0.4, -0.2) is 25.0 Å². The first-order chi connectivity index (χ1) is 13.3. The van der Waals surface area contributed by atoms with E-state index >= 15 is 0 Å². The summed E-state index contributed by atoms with van der Waals surface area (Å²) in [7, 11) is 0. The molecule has 0 fully saturated rings. The average molecular weight is 383 g/mol. The van der Waals surface area contributed by atoms with Crippen LogP contribution in [0.5, 0.6) is 0 Å². The smallest absolute Gasteiger partial charge is 0.340 e. The lowest BCUT2D eigenvalue weighted by Crippen LogP contribution is -2.24. The van der Waals surface area contributed by atoms with Crippen molar-refractivity contribution in [2.75, 3.05) is 23.8 Å². The average Bonchev–Trinajstić information content (AvgIpc) is 2.66. The fourth-order valence-electron chi connectivity index (χ4n) is 3.08. The molecule has 0 bridgehead atoms. The predicted molar refractivity (Wildman–Crippen MR) is 114 cm³/mol. The standard InChI is InChI=1S/C23H30N2O3/c1-6-28-23(27)19-10-7-8-13-20(19)24-14-21(26)25-22-17(15(2)3)11-9-12-18(22)16(4)5/h7-13,15-16,24H,6,14H2,1-5H3,(H,25,26). The quantitative estimate of drug-likeness (QED) is 0.619. The first-order valence-electron chi connectivity index (χ1n) is 9.77. The van der Waals surface area contributed by atoms with Crippen LogP contribution in [0.25, 0.3) is 0 Å². The van der Waals surface area contributed by atoms with Gasteiger partial charge in [-0.05, 0) is 42.0 Å². The van der Waals surface area contributed by atoms with Gasteiger partial charge in [-0.15, -0.1) is 0 Å². The van der Waals surface area contributed by atoms with Crippen molar-refractivity contribution >= 4 is 23.3 Å². The molecule has 2 aromatic carbocycles. The van der Waals surface area contributed by atoms with Gasteiger partial charge in [-0.25, -0.2) is 4.79 Å². The van der Waals surface area contributed by atoms with E-state index < -0.39 is 5.97 Å². The second kappa shape index (κ2) is 9.93. The van der Waals surface area contributed by atoms with Crippen LogP contribution in [0, 0.1) is 0 Å². The Hall–Kier alpha value is -2.82. The maximum atomic E-state index is 12.7. The van der Waals surface area contributed by atoms with E-state index in [1.54, 1.807) is 25.1 Å². The van der Waals surface area contributed by atoms with Crippen molar-refractivity contribution in [1.29, 1.82) is 0 Å². The van der Waals surface area contributed by atoms with E-state index in [-0.39, 0.29) is 12.5 Å². The van der Waals surface area contributed by atoms with Gasteiger partial charge < -0.3 is 15.4 Å². The van der Waals surface area contributed by atoms with E-state index in [9.17, 15) is 9.59 Å². The molecule has 0 aromatic heterocycles. The fraction of sp³-hybridized carbons (Fsp3) is 0.391. The molecular weight excluding hydrogens is 352 g/mol. The molecule has 5 nitrogen and oxygen atoms in total. The molecular formula is C23H30N2O3. The van der Waals surface area contributed by atoms with Crippen molar-refractivity contribution in [3.63, 3.8) is 0 Å². The number of rotatable bonds is 8. The summed E-state index contributed by atoms with van der Waals surface area (Å²) in [5, 5.41) is 6.13. The van der Waals surface area contributed by atoms with Gasteiger partial charge >= 0.3 is 5.97 Å². The molecule has 0 unspecified atom stereocenters. The molecule has 2 rings (SSSR count). The van der Waals surface area contributed by atoms with Gasteiger partial charge in [-0.2, -0.15) is 0 Å². The van der Waals surface area contributed by atoms with Crippen molar-refractivity contribution in [3.8, 4) is 0 Å². The van der Waals surface area contributed by atoms with Crippen molar-refractivity contribution in [2.45, 2.75) is 46.5 Å². The molecule has 0 heterocycles. The lowest BCUT2D eigenvalue weighted by Gasteiger charge is -2.20. The maximum absolute atomic E-state index is 12.7. The van der Waals surface area contributed by atoms with Crippen LogP contribution < -0.4 is 10.6 Å². The van der Waals surface area contributed by atoms with Gasteiger partial charge in [0, 0.05) is 11.4 Å². The Morgan fingerprint density at radius 1 is 0.929 bits per heavy atom. The molecule has 0 aliphatic carbocycles. The molecule has 0 saturated heterocycles. The lowest BCUT2D eigenvalue weighted by atomic mass is 9.92. The number of para-hydroxylation sites is 2. The van der Waals surface area contributed by atoms with Gasteiger partial charge in [0.2, 0.25) is 5.91 Å². The molecule has 0 atom stereocenters. The SMILES string of the molecule is CCOC(=O)c1ccccc1NCC(=O)Nc1c(C(C)C)cccc1C(C)C. The molecule has 0 aliphatic rings. The number of carbonyl (C=O) groups excluding carboxylic acids is 2. The van der Waals surface area contributed by atoms with Crippen LogP contribution in [0.3, 0.4) is 0 Å². The molecule has 150 valence electrons. The van der Waals surface area contributed by atoms with E-state index in [0.29, 0.717) is 29.7 Å². The number of carbonyl (C=O) groups is 2. The van der Waals surface area contributed by atoms with Gasteiger partial charge in [-0.1, -0.05) is 58.0 Å². The number of anilines is 2. The molecule has 2 N–H and O–H groups in total. The molecule has 0 saturated carbocycles. The monoisotopic (exact) mass is 382 g/mol. The Balaban J connectivity index is 2.16. The Morgan fingerprint density at radius 3 is 2.11 bits per heavy atom. The number of nitrogens with one attached hydrogen (secondary N) is 2. The third-order valence-electron chi connectivity index (χ3n) is 4.50. The minimum Gasteiger partial charge on any atom is -0.462 e. The number of hydrogen-bond donors (Lipinski definition) is 2. The van der Waals surface area contributed by atoms with Crippen molar-refractivity contribution in [3.05, 3.63) is 59.2 Å². The normalized spacial score (nSPS) is 10.8. The highest BCUT2D eigenvalue weighted by molar-refractivity contribution is 5.98. The third-order valence-corrected chi connectivity index (χ3v) is 4.50. The van der Waals surface area contributed by atoms with Crippen molar-refractivity contribution in [2.24, 2.45) is 0 Å². The number of benzene rings is 2. The molecule has 0 radical (unpaired) electrons. The van der Waals surface area contributed by atoms with E-state index in [2.05, 4.69) is 50.5 Å². The highest BCUT2D eigenvalue weighted by Gasteiger charge is 2.17. The van der Waals surface area contributed by atoms with Gasteiger partial charge in [0.05, 0.1) is 18.7 Å². The van der Waals surface area contributed by atoms with Crippen LogP contribution in [0.1, 0.15) is 67.9 Å². The summed E-state index contributed by atoms with van der Waals surface area (Å²) in [5.74, 6) is 0.0323. The summed E-state index contributed by atoms with van der Waals surface area (Å²) in [6.45, 7) is 10.6. The highest BCUT2D eigenvalue weighted by Crippen LogP contribution is 2.32. The molecule has 1 amide bonds. The summed E-state index contributed by atoms with van der Waals surface area (Å²) < 4.78 is 5.08. The fourth-order valence-corrected chi connectivity index (χ4v) is 3.08. The van der Waals surface area contributed by atoms with Crippen LogP contribution in [0.2, 0.25) is 0 Å². The molecule has 0 aliphatic heterocycles. The topological polar surface area (TPSA) is 67.4 Å². The third kappa shape index (κ3) is 5.35. The first-order valence-corrected chi connectivity index (χ1v) is 9.77. The minimum absolute atomic E-state index is 0.0559. The van der Waals surface area contributed by atoms with Gasteiger partial charge in [0.15, 0.2) is 0 Å². The van der Waals surface area contributed by atoms with E-state index in [4.69, 9.17) is 4.74 Å². The summed E-state index contributed by atoms with van der Waals surface area (Å²) in [6, 6.07) is 13.2. The van der Waals surface area contributed by atoms with Crippen LogP contribution in [0.4, 0.5) is 11.4 Å². The van der Waals surface area contributed by atoms with Crippen LogP contribution in [0.15, 0.2) is 42.5 Å². The number of hydrogen-bond acceptors (Lipinski definition) is 4. The van der Waals surface area contributed by atoms with Gasteiger partial charge in [0.25, 0.3) is 0 Å². The zero-order valence-corrected chi connectivity index (χ0v) is 17.3. The summed E-state index contributed by atoms with van der Waals surface area (Å²) in [5.41, 5.74) is 4.12. The van der Waals surface area contributed by atoms with E-state index in [1.807, 2.05) is 12.1 Å². The first kappa shape index (κ1) is 21.5. The van der Waals surface area contributed by atoms with E-state index in [1.165, 1.54) is 0 Å². The number of ether oxygens (including phenoxy) is 1. The second-order valence-corrected chi connectivity index (χ2v) is 7.29. The summed E-state index contributed by atoms with van der Waals surface area (Å²) in [4.78, 5) is 24.7. The summed E-state index contributed by atoms with van der Waals surface area (Å²) >= 11 is 0. The van der Waals surface area contributed by atoms with Crippen molar-refractivity contribution in [1.82, 2.24) is 0 Å². The highest BCUT2D eigenvalue weighted by atomic mass is 16.5. The molecule has 28 heavy (non-hydrogen) atoms. The molecule has 5 heteroatoms. The lowest BCUT2D eigenvalue weighted by molar-refractivity contribution is -0.114. The molecule has 0 spiro atoms. The Morgan fingerprint density at radius 2 is 1.54 bits per heavy atom. The predicted octanol–water partition coefficient (Wildman–Crippen LogP) is 5.16. The van der Waals surface area contributed by atoms with E-state index in [0.717, 1.165) is 16.8 Å². The minimum atomic E-state index is -0.404. The molecule has 2 aromatic rings. The zero-order chi connectivity index (χ0) is 20.7. The maximum Gasteiger partial charge on any atom is 0.340 e. The Bertz CT molecular complexity index is 802. The Kier molecular flexibility index (Phi) is 7.61. The number of esters is 1. The van der Waals surface area contributed by atoms with Crippen LogP contribution >= 0.6 is 0 Å².